The van der Waals surface area contributed by atoms with Crippen LogP contribution >= 0.6 is 0 Å². The highest BCUT2D eigenvalue weighted by Crippen LogP contribution is 2.44. The van der Waals surface area contributed by atoms with Gasteiger partial charge in [-0.05, 0) is 87.9 Å². The number of carbonyl (C=O) groups excluding carboxylic acids is 1. The molecule has 1 amide bonds. The third-order valence-electron chi connectivity index (χ3n) is 8.50. The summed E-state index contributed by atoms with van der Waals surface area (Å²) in [7, 11) is 0. The Kier molecular flexibility index (Phi) is 8.10. The molecule has 0 aromatic heterocycles. The molecular formula is C38H41FN2O. The fourth-order valence-electron chi connectivity index (χ4n) is 6.62. The van der Waals surface area contributed by atoms with E-state index in [4.69, 9.17) is 0 Å². The molecule has 0 spiro atoms. The van der Waals surface area contributed by atoms with Crippen LogP contribution in [0.25, 0.3) is 5.57 Å². The van der Waals surface area contributed by atoms with Crippen molar-refractivity contribution in [3.63, 3.8) is 0 Å². The van der Waals surface area contributed by atoms with Crippen LogP contribution in [0.5, 0.6) is 0 Å². The number of amides is 1. The summed E-state index contributed by atoms with van der Waals surface area (Å²) >= 11 is 0. The normalized spacial score (nSPS) is 18.2. The van der Waals surface area contributed by atoms with Crippen LogP contribution in [0.15, 0.2) is 109 Å². The lowest BCUT2D eigenvalue weighted by Crippen LogP contribution is -2.51. The first-order valence-electron chi connectivity index (χ1n) is 14.8. The second kappa shape index (κ2) is 11.6. The molecule has 216 valence electrons. The summed E-state index contributed by atoms with van der Waals surface area (Å²) in [5.74, 6) is -0.377. The van der Waals surface area contributed by atoms with Gasteiger partial charge in [-0.2, -0.15) is 0 Å². The van der Waals surface area contributed by atoms with E-state index >= 15 is 0 Å². The molecule has 0 fully saturated rings. The van der Waals surface area contributed by atoms with E-state index in [9.17, 15) is 9.18 Å². The lowest BCUT2D eigenvalue weighted by Gasteiger charge is -2.46. The molecule has 1 unspecified atom stereocenters. The number of halogens is 1. The lowest BCUT2D eigenvalue weighted by molar-refractivity contribution is 0.0950. The van der Waals surface area contributed by atoms with Crippen LogP contribution in [0.3, 0.4) is 0 Å². The SMILES string of the molecule is CC1=CC(C)(C)N(Cc2ccccc2)c2ccccc21.CC1CC(C)(C)N(C(=O)c2ccccc2F)c2ccccc21. The molecule has 0 N–H and O–H groups in total. The molecule has 2 aliphatic heterocycles. The average molecular weight is 561 g/mol. The van der Waals surface area contributed by atoms with Crippen molar-refractivity contribution in [2.75, 3.05) is 9.80 Å². The topological polar surface area (TPSA) is 23.6 Å². The fraction of sp³-hybridized carbons (Fsp3) is 0.289. The summed E-state index contributed by atoms with van der Waals surface area (Å²) in [5.41, 5.74) is 7.25. The van der Waals surface area contributed by atoms with Crippen molar-refractivity contribution in [2.45, 2.75) is 71.5 Å². The van der Waals surface area contributed by atoms with Gasteiger partial charge in [-0.15, -0.1) is 0 Å². The number of nitrogens with zero attached hydrogens (tertiary/aromatic N) is 2. The zero-order valence-corrected chi connectivity index (χ0v) is 25.6. The number of benzene rings is 4. The van der Waals surface area contributed by atoms with Crippen molar-refractivity contribution in [3.8, 4) is 0 Å². The van der Waals surface area contributed by atoms with E-state index in [0.29, 0.717) is 5.92 Å². The molecule has 3 nitrogen and oxygen atoms in total. The van der Waals surface area contributed by atoms with Crippen molar-refractivity contribution in [1.29, 1.82) is 0 Å². The minimum atomic E-state index is -0.473. The molecule has 0 radical (unpaired) electrons. The Hall–Kier alpha value is -4.18. The third-order valence-corrected chi connectivity index (χ3v) is 8.50. The van der Waals surface area contributed by atoms with E-state index in [1.807, 2.05) is 32.0 Å². The molecule has 0 saturated carbocycles. The van der Waals surface area contributed by atoms with Crippen molar-refractivity contribution >= 4 is 22.9 Å². The number of hydrogen-bond acceptors (Lipinski definition) is 2. The predicted molar refractivity (Wildman–Crippen MR) is 174 cm³/mol. The number of carbonyl (C=O) groups is 1. The van der Waals surface area contributed by atoms with E-state index in [1.165, 1.54) is 28.5 Å². The van der Waals surface area contributed by atoms with Gasteiger partial charge in [0.2, 0.25) is 0 Å². The van der Waals surface area contributed by atoms with E-state index in [1.54, 1.807) is 23.1 Å². The van der Waals surface area contributed by atoms with Gasteiger partial charge in [0, 0.05) is 29.0 Å². The number of anilines is 2. The number of allylic oxidation sites excluding steroid dienone is 1. The molecular weight excluding hydrogens is 519 g/mol. The smallest absolute Gasteiger partial charge is 0.261 e. The lowest BCUT2D eigenvalue weighted by atomic mass is 9.79. The molecule has 1 atom stereocenters. The van der Waals surface area contributed by atoms with Gasteiger partial charge in [0.15, 0.2) is 0 Å². The van der Waals surface area contributed by atoms with Crippen LogP contribution in [0.1, 0.15) is 80.9 Å². The van der Waals surface area contributed by atoms with Crippen molar-refractivity contribution in [1.82, 2.24) is 0 Å². The quantitative estimate of drug-likeness (QED) is 0.249. The molecule has 42 heavy (non-hydrogen) atoms. The summed E-state index contributed by atoms with van der Waals surface area (Å²) in [5, 5.41) is 0. The van der Waals surface area contributed by atoms with E-state index in [2.05, 4.69) is 99.3 Å². The van der Waals surface area contributed by atoms with Gasteiger partial charge >= 0.3 is 0 Å². The third kappa shape index (κ3) is 5.76. The van der Waals surface area contributed by atoms with Gasteiger partial charge in [0.05, 0.1) is 11.1 Å². The summed E-state index contributed by atoms with van der Waals surface area (Å²) in [6.45, 7) is 14.0. The highest BCUT2D eigenvalue weighted by molar-refractivity contribution is 6.08. The maximum absolute atomic E-state index is 14.1. The average Bonchev–Trinajstić information content (AvgIpc) is 2.96. The maximum atomic E-state index is 14.1. The van der Waals surface area contributed by atoms with Crippen LogP contribution in [-0.2, 0) is 6.54 Å². The Morgan fingerprint density at radius 3 is 2.12 bits per heavy atom. The standard InChI is InChI=1S/C19H20FNO.C19H21N/c1-13-12-19(2,3)21(17-11-7-5-8-14(13)17)18(22)15-9-4-6-10-16(15)20;1-15-13-19(2,3)20(14-16-9-5-4-6-10-16)18-12-8-7-11-17(15)18/h4-11,13H,12H2,1-3H3;4-13H,14H2,1-3H3. The first-order chi connectivity index (χ1) is 20.0. The number of hydrogen-bond donors (Lipinski definition) is 0. The Bertz CT molecular complexity index is 1600. The van der Waals surface area contributed by atoms with E-state index < -0.39 is 5.82 Å². The first-order valence-corrected chi connectivity index (χ1v) is 14.8. The maximum Gasteiger partial charge on any atom is 0.261 e. The van der Waals surface area contributed by atoms with Crippen LogP contribution in [0, 0.1) is 5.82 Å². The van der Waals surface area contributed by atoms with E-state index in [-0.39, 0.29) is 22.5 Å². The summed E-state index contributed by atoms with van der Waals surface area (Å²) in [4.78, 5) is 17.2. The number of rotatable bonds is 3. The molecule has 4 aromatic carbocycles. The highest BCUT2D eigenvalue weighted by atomic mass is 19.1. The second-order valence-corrected chi connectivity index (χ2v) is 12.7. The van der Waals surface area contributed by atoms with Crippen molar-refractivity contribution in [3.05, 3.63) is 137 Å². The first kappa shape index (κ1) is 29.3. The summed E-state index contributed by atoms with van der Waals surface area (Å²) in [6.07, 6.45) is 3.22. The van der Waals surface area contributed by atoms with Crippen LogP contribution in [0.2, 0.25) is 0 Å². The molecule has 2 aliphatic rings. The molecule has 6 rings (SSSR count). The van der Waals surface area contributed by atoms with Gasteiger partial charge in [0.25, 0.3) is 5.91 Å². The minimum Gasteiger partial charge on any atom is -0.358 e. The molecule has 2 heterocycles. The zero-order valence-electron chi connectivity index (χ0n) is 25.6. The van der Waals surface area contributed by atoms with Gasteiger partial charge in [-0.25, -0.2) is 4.39 Å². The summed E-state index contributed by atoms with van der Waals surface area (Å²) < 4.78 is 14.1. The second-order valence-electron chi connectivity index (χ2n) is 12.7. The van der Waals surface area contributed by atoms with Gasteiger partial charge < -0.3 is 9.80 Å². The fourth-order valence-corrected chi connectivity index (χ4v) is 6.62. The van der Waals surface area contributed by atoms with E-state index in [0.717, 1.165) is 24.2 Å². The summed E-state index contributed by atoms with van der Waals surface area (Å²) in [6, 6.07) is 33.5. The minimum absolute atomic E-state index is 0.0360. The molecule has 0 saturated heterocycles. The Morgan fingerprint density at radius 2 is 1.40 bits per heavy atom. The zero-order chi connectivity index (χ0) is 30.1. The van der Waals surface area contributed by atoms with Crippen molar-refractivity contribution < 1.29 is 9.18 Å². The molecule has 4 heteroatoms. The van der Waals surface area contributed by atoms with Crippen LogP contribution < -0.4 is 9.80 Å². The molecule has 0 bridgehead atoms. The highest BCUT2D eigenvalue weighted by Gasteiger charge is 2.40. The predicted octanol–water partition coefficient (Wildman–Crippen LogP) is 9.65. The monoisotopic (exact) mass is 560 g/mol. The van der Waals surface area contributed by atoms with Gasteiger partial charge in [0.1, 0.15) is 5.82 Å². The number of para-hydroxylation sites is 2. The molecule has 0 aliphatic carbocycles. The largest absolute Gasteiger partial charge is 0.358 e. The number of fused-ring (bicyclic) bond motifs is 2. The van der Waals surface area contributed by atoms with Crippen molar-refractivity contribution in [2.24, 2.45) is 0 Å². The Morgan fingerprint density at radius 1 is 0.810 bits per heavy atom. The van der Waals surface area contributed by atoms with Gasteiger partial charge in [-0.1, -0.05) is 91.9 Å². The van der Waals surface area contributed by atoms with Gasteiger partial charge in [-0.3, -0.25) is 4.79 Å². The van der Waals surface area contributed by atoms with Crippen LogP contribution in [0.4, 0.5) is 15.8 Å². The Labute approximate surface area is 250 Å². The van der Waals surface area contributed by atoms with Crippen LogP contribution in [-0.4, -0.2) is 17.0 Å². The Balaban J connectivity index is 0.000000169. The molecule has 4 aromatic rings.